The molecule has 0 rings (SSSR count). The van der Waals surface area contributed by atoms with Crippen LogP contribution in [-0.2, 0) is 0 Å². The van der Waals surface area contributed by atoms with Crippen molar-refractivity contribution in [2.45, 2.75) is 46.6 Å². The van der Waals surface area contributed by atoms with Crippen LogP contribution >= 0.6 is 0 Å². The highest BCUT2D eigenvalue weighted by Gasteiger charge is 2.11. The first-order valence-electron chi connectivity index (χ1n) is 5.55. The highest BCUT2D eigenvalue weighted by atomic mass is 15.2. The Morgan fingerprint density at radius 2 is 1.79 bits per heavy atom. The Bertz CT molecular complexity index is 171. The quantitative estimate of drug-likeness (QED) is 0.544. The van der Waals surface area contributed by atoms with Crippen LogP contribution in [0.3, 0.4) is 0 Å². The molecule has 0 spiro atoms. The highest BCUT2D eigenvalue weighted by molar-refractivity contribution is 5.78. The minimum Gasteiger partial charge on any atom is -0.370 e. The summed E-state index contributed by atoms with van der Waals surface area (Å²) in [5, 5.41) is 0. The summed E-state index contributed by atoms with van der Waals surface area (Å²) in [5.41, 5.74) is 5.89. The second-order valence-corrected chi connectivity index (χ2v) is 4.17. The van der Waals surface area contributed by atoms with E-state index < -0.39 is 0 Å². The van der Waals surface area contributed by atoms with Crippen molar-refractivity contribution in [3.05, 3.63) is 0 Å². The van der Waals surface area contributed by atoms with Gasteiger partial charge in [0.25, 0.3) is 0 Å². The molecule has 0 aromatic carbocycles. The topological polar surface area (TPSA) is 41.6 Å². The normalized spacial score (nSPS) is 12.6. The van der Waals surface area contributed by atoms with Gasteiger partial charge in [0.2, 0.25) is 0 Å². The van der Waals surface area contributed by atoms with Crippen molar-refractivity contribution in [3.8, 4) is 0 Å². The third-order valence-corrected chi connectivity index (χ3v) is 2.47. The van der Waals surface area contributed by atoms with Crippen molar-refractivity contribution in [2.24, 2.45) is 16.6 Å². The van der Waals surface area contributed by atoms with Crippen molar-refractivity contribution >= 4 is 5.96 Å². The zero-order valence-electron chi connectivity index (χ0n) is 10.2. The number of nitrogens with two attached hydrogens (primary N) is 1. The Kier molecular flexibility index (Phi) is 6.34. The van der Waals surface area contributed by atoms with Gasteiger partial charge in [-0.1, -0.05) is 27.7 Å². The summed E-state index contributed by atoms with van der Waals surface area (Å²) >= 11 is 0. The summed E-state index contributed by atoms with van der Waals surface area (Å²) < 4.78 is 0. The molecule has 0 aliphatic heterocycles. The predicted molar refractivity (Wildman–Crippen MR) is 63.5 cm³/mol. The molecule has 0 radical (unpaired) electrons. The molecule has 14 heavy (non-hydrogen) atoms. The van der Waals surface area contributed by atoms with Gasteiger partial charge in [0.15, 0.2) is 5.96 Å². The van der Waals surface area contributed by atoms with Crippen LogP contribution in [0.25, 0.3) is 0 Å². The number of hydrogen-bond donors (Lipinski definition) is 1. The van der Waals surface area contributed by atoms with E-state index in [0.29, 0.717) is 17.9 Å². The molecule has 0 amide bonds. The fraction of sp³-hybridized carbons (Fsp3) is 0.909. The molecule has 0 saturated carbocycles. The van der Waals surface area contributed by atoms with Crippen LogP contribution in [0.4, 0.5) is 0 Å². The molecule has 0 aromatic rings. The van der Waals surface area contributed by atoms with Crippen LogP contribution in [0.15, 0.2) is 4.99 Å². The van der Waals surface area contributed by atoms with Gasteiger partial charge in [0, 0.05) is 19.6 Å². The van der Waals surface area contributed by atoms with Gasteiger partial charge in [-0.15, -0.1) is 0 Å². The lowest BCUT2D eigenvalue weighted by Gasteiger charge is -2.27. The standard InChI is InChI=1S/C11H25N3/c1-6-10(7-2)14(5)11(12)13-8-9(3)4/h9-10H,6-8H2,1-5H3,(H2,12,13). The SMILES string of the molecule is CCC(CC)N(C)C(N)=NCC(C)C. The largest absolute Gasteiger partial charge is 0.370 e. The molecule has 2 N–H and O–H groups in total. The Morgan fingerprint density at radius 1 is 1.29 bits per heavy atom. The van der Waals surface area contributed by atoms with Gasteiger partial charge in [-0.05, 0) is 18.8 Å². The Hall–Kier alpha value is -0.730. The van der Waals surface area contributed by atoms with Gasteiger partial charge < -0.3 is 10.6 Å². The first kappa shape index (κ1) is 13.3. The maximum Gasteiger partial charge on any atom is 0.191 e. The minimum absolute atomic E-state index is 0.519. The number of rotatable bonds is 5. The number of nitrogens with zero attached hydrogens (tertiary/aromatic N) is 2. The second kappa shape index (κ2) is 6.68. The summed E-state index contributed by atoms with van der Waals surface area (Å²) in [6.45, 7) is 9.47. The third-order valence-electron chi connectivity index (χ3n) is 2.47. The van der Waals surface area contributed by atoms with Crippen LogP contribution in [0.2, 0.25) is 0 Å². The maximum atomic E-state index is 5.89. The zero-order chi connectivity index (χ0) is 11.1. The van der Waals surface area contributed by atoms with Crippen molar-refractivity contribution in [1.82, 2.24) is 4.90 Å². The molecule has 0 heterocycles. The van der Waals surface area contributed by atoms with E-state index in [2.05, 4.69) is 37.6 Å². The molecule has 0 saturated heterocycles. The third kappa shape index (κ3) is 4.49. The van der Waals surface area contributed by atoms with Gasteiger partial charge in [0.1, 0.15) is 0 Å². The van der Waals surface area contributed by atoms with Crippen molar-refractivity contribution < 1.29 is 0 Å². The lowest BCUT2D eigenvalue weighted by atomic mass is 10.1. The van der Waals surface area contributed by atoms with E-state index in [-0.39, 0.29) is 0 Å². The van der Waals surface area contributed by atoms with Gasteiger partial charge >= 0.3 is 0 Å². The van der Waals surface area contributed by atoms with E-state index in [9.17, 15) is 0 Å². The van der Waals surface area contributed by atoms with E-state index >= 15 is 0 Å². The molecule has 3 nitrogen and oxygen atoms in total. The molecule has 3 heteroatoms. The molecule has 0 fully saturated rings. The molecule has 0 aliphatic rings. The smallest absolute Gasteiger partial charge is 0.191 e. The maximum absolute atomic E-state index is 5.89. The van der Waals surface area contributed by atoms with Gasteiger partial charge in [-0.2, -0.15) is 0 Å². The van der Waals surface area contributed by atoms with Crippen molar-refractivity contribution in [1.29, 1.82) is 0 Å². The van der Waals surface area contributed by atoms with E-state index in [1.54, 1.807) is 0 Å². The van der Waals surface area contributed by atoms with Crippen molar-refractivity contribution in [2.75, 3.05) is 13.6 Å². The number of guanidine groups is 1. The molecule has 0 aromatic heterocycles. The first-order chi connectivity index (χ1) is 6.52. The average Bonchev–Trinajstić information content (AvgIpc) is 2.15. The first-order valence-corrected chi connectivity index (χ1v) is 5.55. The molecular weight excluding hydrogens is 174 g/mol. The fourth-order valence-electron chi connectivity index (χ4n) is 1.41. The van der Waals surface area contributed by atoms with Gasteiger partial charge in [-0.3, -0.25) is 4.99 Å². The molecule has 0 aliphatic carbocycles. The van der Waals surface area contributed by atoms with E-state index in [1.807, 2.05) is 7.05 Å². The molecule has 0 unspecified atom stereocenters. The predicted octanol–water partition coefficient (Wildman–Crippen LogP) is 2.08. The van der Waals surface area contributed by atoms with E-state index in [0.717, 1.165) is 19.4 Å². The van der Waals surface area contributed by atoms with Crippen LogP contribution in [0.1, 0.15) is 40.5 Å². The summed E-state index contributed by atoms with van der Waals surface area (Å²) in [4.78, 5) is 6.45. The summed E-state index contributed by atoms with van der Waals surface area (Å²) in [7, 11) is 2.02. The lowest BCUT2D eigenvalue weighted by Crippen LogP contribution is -2.41. The van der Waals surface area contributed by atoms with E-state index in [1.165, 1.54) is 0 Å². The Morgan fingerprint density at radius 3 is 2.14 bits per heavy atom. The number of aliphatic imine (C=N–C) groups is 1. The fourth-order valence-corrected chi connectivity index (χ4v) is 1.41. The Labute approximate surface area is 88.4 Å². The zero-order valence-corrected chi connectivity index (χ0v) is 10.2. The van der Waals surface area contributed by atoms with Crippen LogP contribution in [0.5, 0.6) is 0 Å². The summed E-state index contributed by atoms with van der Waals surface area (Å²) in [6.07, 6.45) is 2.23. The highest BCUT2D eigenvalue weighted by Crippen LogP contribution is 2.05. The monoisotopic (exact) mass is 199 g/mol. The molecule has 0 atom stereocenters. The van der Waals surface area contributed by atoms with Gasteiger partial charge in [-0.25, -0.2) is 0 Å². The van der Waals surface area contributed by atoms with Crippen LogP contribution in [0, 0.1) is 5.92 Å². The molecule has 84 valence electrons. The van der Waals surface area contributed by atoms with E-state index in [4.69, 9.17) is 5.73 Å². The van der Waals surface area contributed by atoms with Crippen molar-refractivity contribution in [3.63, 3.8) is 0 Å². The summed E-state index contributed by atoms with van der Waals surface area (Å²) in [5.74, 6) is 1.25. The molecule has 0 bridgehead atoms. The minimum atomic E-state index is 0.519. The number of hydrogen-bond acceptors (Lipinski definition) is 1. The summed E-state index contributed by atoms with van der Waals surface area (Å²) in [6, 6.07) is 0.519. The molecular formula is C11H25N3. The lowest BCUT2D eigenvalue weighted by molar-refractivity contribution is 0.340. The second-order valence-electron chi connectivity index (χ2n) is 4.17. The van der Waals surface area contributed by atoms with Crippen LogP contribution in [-0.4, -0.2) is 30.5 Å². The average molecular weight is 199 g/mol. The Balaban J connectivity index is 4.21. The van der Waals surface area contributed by atoms with Gasteiger partial charge in [0.05, 0.1) is 0 Å². The van der Waals surface area contributed by atoms with Crippen LogP contribution < -0.4 is 5.73 Å².